The van der Waals surface area contributed by atoms with Crippen molar-refractivity contribution in [3.63, 3.8) is 0 Å². The molecule has 2 aromatic rings. The molecule has 1 saturated heterocycles. The smallest absolute Gasteiger partial charge is 0.207 e. The molecule has 3 nitrogen and oxygen atoms in total. The van der Waals surface area contributed by atoms with E-state index in [1.54, 1.807) is 21.7 Å². The van der Waals surface area contributed by atoms with Crippen molar-refractivity contribution >= 4 is 21.4 Å². The van der Waals surface area contributed by atoms with Crippen LogP contribution in [0.5, 0.6) is 0 Å². The predicted molar refractivity (Wildman–Crippen MR) is 86.4 cm³/mol. The average molecular weight is 321 g/mol. The molecule has 1 aliphatic rings. The largest absolute Gasteiger partial charge is 0.243 e. The molecule has 0 spiro atoms. The van der Waals surface area contributed by atoms with E-state index in [-0.39, 0.29) is 0 Å². The van der Waals surface area contributed by atoms with Crippen molar-refractivity contribution in [1.29, 1.82) is 0 Å². The van der Waals surface area contributed by atoms with E-state index in [1.165, 1.54) is 4.88 Å². The Hall–Kier alpha value is -1.17. The van der Waals surface area contributed by atoms with Crippen molar-refractivity contribution < 1.29 is 8.42 Å². The fourth-order valence-corrected chi connectivity index (χ4v) is 5.49. The topological polar surface area (TPSA) is 37.4 Å². The number of hydrogen-bond donors (Lipinski definition) is 0. The minimum Gasteiger partial charge on any atom is -0.207 e. The first-order valence-corrected chi connectivity index (χ1v) is 9.41. The molecular weight excluding hydrogens is 302 g/mol. The maximum absolute atomic E-state index is 12.9. The van der Waals surface area contributed by atoms with Crippen LogP contribution in [0.3, 0.4) is 0 Å². The highest BCUT2D eigenvalue weighted by Gasteiger charge is 2.34. The molecule has 0 N–H and O–H groups in total. The quantitative estimate of drug-likeness (QED) is 0.867. The van der Waals surface area contributed by atoms with Gasteiger partial charge in [-0.3, -0.25) is 0 Å². The van der Waals surface area contributed by atoms with Gasteiger partial charge in [-0.15, -0.1) is 11.3 Å². The molecule has 0 amide bonds. The highest BCUT2D eigenvalue weighted by Crippen LogP contribution is 2.34. The molecule has 1 aliphatic heterocycles. The van der Waals surface area contributed by atoms with Crippen LogP contribution in [0, 0.1) is 13.8 Å². The van der Waals surface area contributed by atoms with Crippen LogP contribution in [0.2, 0.25) is 0 Å². The normalized spacial score (nSPS) is 20.0. The Labute approximate surface area is 130 Å². The van der Waals surface area contributed by atoms with E-state index in [9.17, 15) is 8.42 Å². The Morgan fingerprint density at radius 2 is 2.05 bits per heavy atom. The van der Waals surface area contributed by atoms with Crippen molar-refractivity contribution in [2.75, 3.05) is 13.1 Å². The van der Waals surface area contributed by atoms with Crippen molar-refractivity contribution in [3.05, 3.63) is 51.7 Å². The SMILES string of the molecule is Cc1ccc(C)c(S(=O)(=O)N2CCC(c3cccs3)C2)c1. The highest BCUT2D eigenvalue weighted by molar-refractivity contribution is 7.89. The van der Waals surface area contributed by atoms with E-state index >= 15 is 0 Å². The second kappa shape index (κ2) is 5.55. The second-order valence-electron chi connectivity index (χ2n) is 5.63. The van der Waals surface area contributed by atoms with Gasteiger partial charge in [-0.25, -0.2) is 8.42 Å². The van der Waals surface area contributed by atoms with Gasteiger partial charge in [-0.1, -0.05) is 18.2 Å². The number of hydrogen-bond acceptors (Lipinski definition) is 3. The average Bonchev–Trinajstić information content (AvgIpc) is 3.11. The Morgan fingerprint density at radius 1 is 1.24 bits per heavy atom. The summed E-state index contributed by atoms with van der Waals surface area (Å²) in [5, 5.41) is 2.05. The van der Waals surface area contributed by atoms with E-state index in [1.807, 2.05) is 32.0 Å². The number of sulfonamides is 1. The summed E-state index contributed by atoms with van der Waals surface area (Å²) in [6, 6.07) is 9.75. The molecule has 3 rings (SSSR count). The Kier molecular flexibility index (Phi) is 3.90. The highest BCUT2D eigenvalue weighted by atomic mass is 32.2. The van der Waals surface area contributed by atoms with Gasteiger partial charge in [0.2, 0.25) is 10.0 Å². The first-order valence-electron chi connectivity index (χ1n) is 7.09. The summed E-state index contributed by atoms with van der Waals surface area (Å²) < 4.78 is 27.3. The summed E-state index contributed by atoms with van der Waals surface area (Å²) in [7, 11) is -3.38. The van der Waals surface area contributed by atoms with Crippen LogP contribution in [0.4, 0.5) is 0 Å². The third-order valence-corrected chi connectivity index (χ3v) is 7.10. The number of nitrogens with zero attached hydrogens (tertiary/aromatic N) is 1. The minimum atomic E-state index is -3.38. The molecule has 21 heavy (non-hydrogen) atoms. The minimum absolute atomic E-state index is 0.338. The van der Waals surface area contributed by atoms with Crippen LogP contribution in [0.15, 0.2) is 40.6 Å². The maximum atomic E-state index is 12.9. The summed E-state index contributed by atoms with van der Waals surface area (Å²) >= 11 is 1.71. The third kappa shape index (κ3) is 2.78. The van der Waals surface area contributed by atoms with Gasteiger partial charge in [0.15, 0.2) is 0 Å². The zero-order chi connectivity index (χ0) is 15.0. The maximum Gasteiger partial charge on any atom is 0.243 e. The molecule has 5 heteroatoms. The van der Waals surface area contributed by atoms with Gasteiger partial charge < -0.3 is 0 Å². The van der Waals surface area contributed by atoms with Crippen LogP contribution in [0.25, 0.3) is 0 Å². The number of rotatable bonds is 3. The lowest BCUT2D eigenvalue weighted by Gasteiger charge is -2.18. The van der Waals surface area contributed by atoms with E-state index in [0.717, 1.165) is 17.5 Å². The standard InChI is InChI=1S/C16H19NO2S2/c1-12-5-6-13(2)16(10-12)21(18,19)17-8-7-14(11-17)15-4-3-9-20-15/h3-6,9-10,14H,7-8,11H2,1-2H3. The Balaban J connectivity index is 1.88. The van der Waals surface area contributed by atoms with Crippen LogP contribution >= 0.6 is 11.3 Å². The van der Waals surface area contributed by atoms with Crippen LogP contribution in [0.1, 0.15) is 28.3 Å². The van der Waals surface area contributed by atoms with Crippen molar-refractivity contribution in [2.24, 2.45) is 0 Å². The Bertz CT molecular complexity index is 736. The zero-order valence-electron chi connectivity index (χ0n) is 12.2. The van der Waals surface area contributed by atoms with Gasteiger partial charge in [0.1, 0.15) is 0 Å². The van der Waals surface area contributed by atoms with Gasteiger partial charge in [-0.2, -0.15) is 4.31 Å². The predicted octanol–water partition coefficient (Wildman–Crippen LogP) is 3.54. The van der Waals surface area contributed by atoms with Gasteiger partial charge >= 0.3 is 0 Å². The first kappa shape index (κ1) is 14.8. The summed E-state index contributed by atoms with van der Waals surface area (Å²) in [6.07, 6.45) is 0.907. The summed E-state index contributed by atoms with van der Waals surface area (Å²) in [5.74, 6) is 0.338. The fourth-order valence-electron chi connectivity index (χ4n) is 2.83. The van der Waals surface area contributed by atoms with E-state index in [4.69, 9.17) is 0 Å². The van der Waals surface area contributed by atoms with Gasteiger partial charge in [-0.05, 0) is 48.9 Å². The first-order chi connectivity index (χ1) is 9.98. The molecule has 2 heterocycles. The van der Waals surface area contributed by atoms with Gasteiger partial charge in [0.05, 0.1) is 4.90 Å². The molecule has 0 bridgehead atoms. The molecule has 112 valence electrons. The van der Waals surface area contributed by atoms with E-state index in [0.29, 0.717) is 23.9 Å². The molecular formula is C16H19NO2S2. The summed E-state index contributed by atoms with van der Waals surface area (Å²) in [5.41, 5.74) is 1.80. The molecule has 1 fully saturated rings. The Morgan fingerprint density at radius 3 is 2.76 bits per heavy atom. The van der Waals surface area contributed by atoms with Crippen LogP contribution in [-0.2, 0) is 10.0 Å². The van der Waals surface area contributed by atoms with E-state index in [2.05, 4.69) is 11.4 Å². The molecule has 1 aromatic carbocycles. The molecule has 1 atom stereocenters. The van der Waals surface area contributed by atoms with Crippen molar-refractivity contribution in [2.45, 2.75) is 31.1 Å². The number of benzene rings is 1. The van der Waals surface area contributed by atoms with Gasteiger partial charge in [0, 0.05) is 23.9 Å². The van der Waals surface area contributed by atoms with Crippen LogP contribution in [-0.4, -0.2) is 25.8 Å². The molecule has 0 saturated carbocycles. The monoisotopic (exact) mass is 321 g/mol. The number of aryl methyl sites for hydroxylation is 2. The molecule has 0 radical (unpaired) electrons. The van der Waals surface area contributed by atoms with Crippen molar-refractivity contribution in [3.8, 4) is 0 Å². The lowest BCUT2D eigenvalue weighted by molar-refractivity contribution is 0.473. The summed E-state index contributed by atoms with van der Waals surface area (Å²) in [6.45, 7) is 4.99. The van der Waals surface area contributed by atoms with E-state index < -0.39 is 10.0 Å². The molecule has 1 unspecified atom stereocenters. The number of thiophene rings is 1. The van der Waals surface area contributed by atoms with Crippen molar-refractivity contribution in [1.82, 2.24) is 4.31 Å². The zero-order valence-corrected chi connectivity index (χ0v) is 13.9. The van der Waals surface area contributed by atoms with Gasteiger partial charge in [0.25, 0.3) is 0 Å². The third-order valence-electron chi connectivity index (χ3n) is 4.06. The lowest BCUT2D eigenvalue weighted by atomic mass is 10.1. The van der Waals surface area contributed by atoms with Crippen LogP contribution < -0.4 is 0 Å². The summed E-state index contributed by atoms with van der Waals surface area (Å²) in [4.78, 5) is 1.74. The fraction of sp³-hybridized carbons (Fsp3) is 0.375. The lowest BCUT2D eigenvalue weighted by Crippen LogP contribution is -2.29. The molecule has 0 aliphatic carbocycles. The molecule has 1 aromatic heterocycles. The second-order valence-corrected chi connectivity index (χ2v) is 8.52.